The fraction of sp³-hybridized carbons (Fsp3) is 0.286. The van der Waals surface area contributed by atoms with Crippen LogP contribution >= 0.6 is 23.4 Å². The number of furan rings is 1. The van der Waals surface area contributed by atoms with E-state index in [9.17, 15) is 0 Å². The largest absolute Gasteiger partial charge is 0.467 e. The van der Waals surface area contributed by atoms with E-state index in [2.05, 4.69) is 34.7 Å². The number of halogens is 1. The summed E-state index contributed by atoms with van der Waals surface area (Å²) < 4.78 is 7.63. The molecule has 0 fully saturated rings. The molecular formula is C21H21ClN4OS. The smallest absolute Gasteiger partial charge is 0.192 e. The highest BCUT2D eigenvalue weighted by molar-refractivity contribution is 7.98. The van der Waals surface area contributed by atoms with Gasteiger partial charge in [-0.1, -0.05) is 55.4 Å². The van der Waals surface area contributed by atoms with Crippen LogP contribution in [0.4, 0.5) is 0 Å². The lowest BCUT2D eigenvalue weighted by Crippen LogP contribution is -2.07. The Morgan fingerprint density at radius 2 is 1.96 bits per heavy atom. The average Bonchev–Trinajstić information content (AvgIpc) is 3.34. The number of aromatic nitrogens is 4. The van der Waals surface area contributed by atoms with Gasteiger partial charge in [0.25, 0.3) is 0 Å². The highest BCUT2D eigenvalue weighted by atomic mass is 35.5. The number of nitrogens with zero attached hydrogens (tertiary/aromatic N) is 4. The lowest BCUT2D eigenvalue weighted by Gasteiger charge is -2.12. The highest BCUT2D eigenvalue weighted by Crippen LogP contribution is 2.32. The van der Waals surface area contributed by atoms with Crippen molar-refractivity contribution >= 4 is 34.3 Å². The number of para-hydroxylation sites is 1. The monoisotopic (exact) mass is 412 g/mol. The molecule has 0 saturated carbocycles. The van der Waals surface area contributed by atoms with Crippen LogP contribution < -0.4 is 0 Å². The Hall–Kier alpha value is -2.31. The van der Waals surface area contributed by atoms with Crippen molar-refractivity contribution in [3.63, 3.8) is 0 Å². The summed E-state index contributed by atoms with van der Waals surface area (Å²) in [5, 5.41) is 11.4. The summed E-state index contributed by atoms with van der Waals surface area (Å²) in [6, 6.07) is 11.9. The van der Waals surface area contributed by atoms with E-state index in [0.717, 1.165) is 38.9 Å². The van der Waals surface area contributed by atoms with Crippen LogP contribution in [0.1, 0.15) is 42.6 Å². The Bertz CT molecular complexity index is 1110. The third-order valence-corrected chi connectivity index (χ3v) is 6.12. The summed E-state index contributed by atoms with van der Waals surface area (Å²) in [6.07, 6.45) is 1.68. The van der Waals surface area contributed by atoms with Crippen LogP contribution in [-0.2, 0) is 12.3 Å². The number of rotatable bonds is 6. The molecule has 144 valence electrons. The van der Waals surface area contributed by atoms with Gasteiger partial charge >= 0.3 is 0 Å². The number of benzene rings is 1. The second-order valence-electron chi connectivity index (χ2n) is 6.96. The van der Waals surface area contributed by atoms with Crippen molar-refractivity contribution in [3.05, 3.63) is 70.5 Å². The summed E-state index contributed by atoms with van der Waals surface area (Å²) in [7, 11) is 0. The molecule has 0 unspecified atom stereocenters. The molecule has 0 atom stereocenters. The number of hydrogen-bond donors (Lipinski definition) is 0. The lowest BCUT2D eigenvalue weighted by molar-refractivity contribution is 0.475. The number of pyridine rings is 1. The maximum absolute atomic E-state index is 6.62. The molecule has 4 aromatic rings. The van der Waals surface area contributed by atoms with Gasteiger partial charge in [-0.3, -0.25) is 9.55 Å². The Balaban J connectivity index is 1.63. The highest BCUT2D eigenvalue weighted by Gasteiger charge is 2.18. The van der Waals surface area contributed by atoms with Gasteiger partial charge in [0.05, 0.1) is 29.0 Å². The predicted octanol–water partition coefficient (Wildman–Crippen LogP) is 5.85. The zero-order valence-electron chi connectivity index (χ0n) is 16.0. The maximum atomic E-state index is 6.62. The van der Waals surface area contributed by atoms with Crippen molar-refractivity contribution in [2.24, 2.45) is 0 Å². The Kier molecular flexibility index (Phi) is 5.42. The molecule has 7 heteroatoms. The molecular weight excluding hydrogens is 392 g/mol. The van der Waals surface area contributed by atoms with Crippen LogP contribution in [0.15, 0.2) is 52.2 Å². The van der Waals surface area contributed by atoms with E-state index in [1.54, 1.807) is 18.0 Å². The standard InChI is InChI=1S/C21H21ClN4OS/c1-13(2)20-24-25-21(26(20)11-15-7-6-10-27-15)28-12-18-19(22)14(3)16-8-4-5-9-17(16)23-18/h4-10,13H,11-12H2,1-3H3. The molecule has 5 nitrogen and oxygen atoms in total. The van der Waals surface area contributed by atoms with Crippen molar-refractivity contribution in [3.8, 4) is 0 Å². The topological polar surface area (TPSA) is 56.7 Å². The van der Waals surface area contributed by atoms with E-state index in [-0.39, 0.29) is 5.92 Å². The first-order chi connectivity index (χ1) is 13.5. The Morgan fingerprint density at radius 1 is 1.14 bits per heavy atom. The van der Waals surface area contributed by atoms with Gasteiger partial charge in [0.15, 0.2) is 5.16 Å². The summed E-state index contributed by atoms with van der Waals surface area (Å²) in [5.41, 5.74) is 2.88. The number of aryl methyl sites for hydroxylation is 1. The van der Waals surface area contributed by atoms with Crippen LogP contribution in [-0.4, -0.2) is 19.7 Å². The first-order valence-electron chi connectivity index (χ1n) is 9.16. The van der Waals surface area contributed by atoms with Gasteiger partial charge in [-0.25, -0.2) is 0 Å². The molecule has 0 saturated heterocycles. The third kappa shape index (κ3) is 3.66. The zero-order valence-corrected chi connectivity index (χ0v) is 17.6. The summed E-state index contributed by atoms with van der Waals surface area (Å²) in [4.78, 5) is 4.77. The van der Waals surface area contributed by atoms with Gasteiger partial charge in [-0.2, -0.15) is 0 Å². The molecule has 1 aromatic carbocycles. The van der Waals surface area contributed by atoms with E-state index < -0.39 is 0 Å². The molecule has 0 aliphatic heterocycles. The van der Waals surface area contributed by atoms with Gasteiger partial charge in [0.2, 0.25) is 0 Å². The molecule has 28 heavy (non-hydrogen) atoms. The Morgan fingerprint density at radius 3 is 2.71 bits per heavy atom. The molecule has 0 radical (unpaired) electrons. The van der Waals surface area contributed by atoms with Crippen molar-refractivity contribution in [1.82, 2.24) is 19.7 Å². The SMILES string of the molecule is Cc1c(Cl)c(CSc2nnc(C(C)C)n2Cc2ccco2)nc2ccccc12. The van der Waals surface area contributed by atoms with Crippen LogP contribution in [0.25, 0.3) is 10.9 Å². The average molecular weight is 413 g/mol. The quantitative estimate of drug-likeness (QED) is 0.372. The van der Waals surface area contributed by atoms with Crippen molar-refractivity contribution in [2.45, 2.75) is 44.1 Å². The molecule has 4 rings (SSSR count). The second-order valence-corrected chi connectivity index (χ2v) is 8.28. The fourth-order valence-corrected chi connectivity index (χ4v) is 4.36. The van der Waals surface area contributed by atoms with Gasteiger partial charge in [0, 0.05) is 17.1 Å². The van der Waals surface area contributed by atoms with Crippen LogP contribution in [0.3, 0.4) is 0 Å². The van der Waals surface area contributed by atoms with Crippen LogP contribution in [0, 0.1) is 6.92 Å². The first kappa shape index (κ1) is 19.0. The van der Waals surface area contributed by atoms with Gasteiger partial charge in [-0.05, 0) is 30.7 Å². The number of thioether (sulfide) groups is 1. The van der Waals surface area contributed by atoms with E-state index in [1.165, 1.54) is 0 Å². The van der Waals surface area contributed by atoms with Gasteiger partial charge in [-0.15, -0.1) is 10.2 Å². The van der Waals surface area contributed by atoms with Gasteiger partial charge < -0.3 is 4.42 Å². The molecule has 0 aliphatic carbocycles. The molecule has 0 amide bonds. The van der Waals surface area contributed by atoms with Crippen molar-refractivity contribution in [2.75, 3.05) is 0 Å². The van der Waals surface area contributed by atoms with Crippen LogP contribution in [0.5, 0.6) is 0 Å². The second kappa shape index (κ2) is 7.97. The minimum absolute atomic E-state index is 0.265. The number of fused-ring (bicyclic) bond motifs is 1. The van der Waals surface area contributed by atoms with E-state index in [1.807, 2.05) is 37.3 Å². The van der Waals surface area contributed by atoms with E-state index in [4.69, 9.17) is 21.0 Å². The summed E-state index contributed by atoms with van der Waals surface area (Å²) in [5.74, 6) is 2.70. The summed E-state index contributed by atoms with van der Waals surface area (Å²) >= 11 is 8.21. The molecule has 3 heterocycles. The maximum Gasteiger partial charge on any atom is 0.192 e. The van der Waals surface area contributed by atoms with Gasteiger partial charge in [0.1, 0.15) is 11.6 Å². The zero-order chi connectivity index (χ0) is 19.7. The van der Waals surface area contributed by atoms with Crippen LogP contribution in [0.2, 0.25) is 5.02 Å². The van der Waals surface area contributed by atoms with Crippen molar-refractivity contribution in [1.29, 1.82) is 0 Å². The fourth-order valence-electron chi connectivity index (χ4n) is 3.19. The predicted molar refractivity (Wildman–Crippen MR) is 113 cm³/mol. The lowest BCUT2D eigenvalue weighted by atomic mass is 10.1. The first-order valence-corrected chi connectivity index (χ1v) is 10.5. The van der Waals surface area contributed by atoms with Crippen molar-refractivity contribution < 1.29 is 4.42 Å². The minimum Gasteiger partial charge on any atom is -0.467 e. The molecule has 0 aliphatic rings. The molecule has 3 aromatic heterocycles. The minimum atomic E-state index is 0.265. The molecule has 0 bridgehead atoms. The summed E-state index contributed by atoms with van der Waals surface area (Å²) in [6.45, 7) is 6.87. The van der Waals surface area contributed by atoms with E-state index >= 15 is 0 Å². The third-order valence-electron chi connectivity index (χ3n) is 4.64. The normalized spacial score (nSPS) is 11.6. The molecule has 0 N–H and O–H groups in total. The van der Waals surface area contributed by atoms with E-state index in [0.29, 0.717) is 17.3 Å². The Labute approximate surface area is 173 Å². The molecule has 0 spiro atoms. The number of hydrogen-bond acceptors (Lipinski definition) is 5.